The highest BCUT2D eigenvalue weighted by molar-refractivity contribution is 5.91. The quantitative estimate of drug-likeness (QED) is 0.877. The zero-order chi connectivity index (χ0) is 15.8. The van der Waals surface area contributed by atoms with Gasteiger partial charge in [-0.15, -0.1) is 0 Å². The Morgan fingerprint density at radius 1 is 1.24 bits per heavy atom. The second-order valence-corrected chi connectivity index (χ2v) is 6.08. The van der Waals surface area contributed by atoms with Crippen molar-refractivity contribution in [1.29, 1.82) is 0 Å². The molecule has 0 bridgehead atoms. The summed E-state index contributed by atoms with van der Waals surface area (Å²) >= 11 is 0. The van der Waals surface area contributed by atoms with E-state index in [-0.39, 0.29) is 11.9 Å². The molecule has 0 aliphatic rings. The molecule has 0 atom stereocenters. The Morgan fingerprint density at radius 3 is 2.48 bits per heavy atom. The number of benzene rings is 1. The van der Waals surface area contributed by atoms with Crippen LogP contribution in [0.25, 0.3) is 11.0 Å². The van der Waals surface area contributed by atoms with E-state index in [4.69, 9.17) is 13.9 Å². The van der Waals surface area contributed by atoms with E-state index >= 15 is 0 Å². The third-order valence-electron chi connectivity index (χ3n) is 2.60. The number of fused-ring (bicyclic) bond motifs is 1. The van der Waals surface area contributed by atoms with Crippen LogP contribution in [0.15, 0.2) is 27.4 Å². The SMILES string of the molecule is CC(C)Oc1c(O)c(=O)oc2cccc(OC(C)(C)C)c12. The summed E-state index contributed by atoms with van der Waals surface area (Å²) in [6.07, 6.45) is -0.205. The second kappa shape index (κ2) is 5.31. The highest BCUT2D eigenvalue weighted by atomic mass is 16.5. The third kappa shape index (κ3) is 3.29. The highest BCUT2D eigenvalue weighted by Crippen LogP contribution is 2.39. The summed E-state index contributed by atoms with van der Waals surface area (Å²) in [6, 6.07) is 5.11. The molecule has 5 heteroatoms. The van der Waals surface area contributed by atoms with Gasteiger partial charge < -0.3 is 19.0 Å². The molecule has 2 rings (SSSR count). The van der Waals surface area contributed by atoms with Crippen molar-refractivity contribution in [3.63, 3.8) is 0 Å². The van der Waals surface area contributed by atoms with Gasteiger partial charge in [0.2, 0.25) is 5.75 Å². The van der Waals surface area contributed by atoms with Crippen LogP contribution in [0.1, 0.15) is 34.6 Å². The first-order chi connectivity index (χ1) is 9.69. The maximum Gasteiger partial charge on any atom is 0.382 e. The lowest BCUT2D eigenvalue weighted by Gasteiger charge is -2.23. The van der Waals surface area contributed by atoms with Gasteiger partial charge in [0.05, 0.1) is 6.10 Å². The molecular formula is C16H20O5. The predicted octanol–water partition coefficient (Wildman–Crippen LogP) is 3.46. The van der Waals surface area contributed by atoms with Crippen LogP contribution in [-0.2, 0) is 0 Å². The summed E-state index contributed by atoms with van der Waals surface area (Å²) in [7, 11) is 0. The van der Waals surface area contributed by atoms with Gasteiger partial charge in [-0.3, -0.25) is 0 Å². The van der Waals surface area contributed by atoms with Crippen molar-refractivity contribution in [3.8, 4) is 17.2 Å². The first-order valence-corrected chi connectivity index (χ1v) is 6.83. The molecule has 1 aromatic carbocycles. The molecule has 21 heavy (non-hydrogen) atoms. The number of rotatable bonds is 3. The summed E-state index contributed by atoms with van der Waals surface area (Å²) < 4.78 is 16.6. The van der Waals surface area contributed by atoms with Crippen molar-refractivity contribution in [1.82, 2.24) is 0 Å². The molecule has 5 nitrogen and oxygen atoms in total. The van der Waals surface area contributed by atoms with Crippen LogP contribution in [0.5, 0.6) is 17.2 Å². The topological polar surface area (TPSA) is 68.9 Å². The van der Waals surface area contributed by atoms with Crippen molar-refractivity contribution < 1.29 is 19.0 Å². The smallest absolute Gasteiger partial charge is 0.382 e. The van der Waals surface area contributed by atoms with E-state index in [0.29, 0.717) is 16.7 Å². The normalized spacial score (nSPS) is 11.9. The van der Waals surface area contributed by atoms with Crippen LogP contribution in [0.3, 0.4) is 0 Å². The Morgan fingerprint density at radius 2 is 1.90 bits per heavy atom. The average Bonchev–Trinajstić information content (AvgIpc) is 2.32. The summed E-state index contributed by atoms with van der Waals surface area (Å²) in [5, 5.41) is 10.4. The van der Waals surface area contributed by atoms with E-state index in [1.165, 1.54) is 0 Å². The molecule has 0 radical (unpaired) electrons. The van der Waals surface area contributed by atoms with Gasteiger partial charge >= 0.3 is 5.63 Å². The average molecular weight is 292 g/mol. The second-order valence-electron chi connectivity index (χ2n) is 6.08. The molecule has 0 unspecified atom stereocenters. The van der Waals surface area contributed by atoms with Crippen LogP contribution in [0.4, 0.5) is 0 Å². The van der Waals surface area contributed by atoms with Crippen molar-refractivity contribution in [2.75, 3.05) is 0 Å². The number of hydrogen-bond acceptors (Lipinski definition) is 5. The van der Waals surface area contributed by atoms with E-state index in [0.717, 1.165) is 0 Å². The zero-order valence-electron chi connectivity index (χ0n) is 12.9. The lowest BCUT2D eigenvalue weighted by atomic mass is 10.1. The summed E-state index contributed by atoms with van der Waals surface area (Å²) in [5.41, 5.74) is -0.948. The first kappa shape index (κ1) is 15.2. The molecule has 0 fully saturated rings. The van der Waals surface area contributed by atoms with Gasteiger partial charge in [-0.25, -0.2) is 4.79 Å². The van der Waals surface area contributed by atoms with Crippen molar-refractivity contribution in [2.45, 2.75) is 46.3 Å². The Balaban J connectivity index is 2.77. The van der Waals surface area contributed by atoms with E-state index < -0.39 is 17.0 Å². The minimum atomic E-state index is -0.828. The minimum absolute atomic E-state index is 0.0936. The van der Waals surface area contributed by atoms with E-state index in [9.17, 15) is 9.90 Å². The maximum atomic E-state index is 11.7. The van der Waals surface area contributed by atoms with Gasteiger partial charge in [0.15, 0.2) is 5.75 Å². The van der Waals surface area contributed by atoms with E-state index in [2.05, 4.69) is 0 Å². The lowest BCUT2D eigenvalue weighted by Crippen LogP contribution is -2.23. The van der Waals surface area contributed by atoms with Gasteiger partial charge in [-0.1, -0.05) is 6.07 Å². The van der Waals surface area contributed by atoms with Gasteiger partial charge in [0.1, 0.15) is 22.3 Å². The van der Waals surface area contributed by atoms with Gasteiger partial charge in [0.25, 0.3) is 0 Å². The largest absolute Gasteiger partial charge is 0.499 e. The third-order valence-corrected chi connectivity index (χ3v) is 2.60. The zero-order valence-corrected chi connectivity index (χ0v) is 12.9. The summed E-state index contributed by atoms with van der Waals surface area (Å²) in [4.78, 5) is 11.7. The van der Waals surface area contributed by atoms with Gasteiger partial charge in [-0.2, -0.15) is 0 Å². The summed E-state index contributed by atoms with van der Waals surface area (Å²) in [6.45, 7) is 9.36. The molecule has 0 aliphatic carbocycles. The van der Waals surface area contributed by atoms with Crippen LogP contribution < -0.4 is 15.1 Å². The van der Waals surface area contributed by atoms with Crippen molar-refractivity contribution >= 4 is 11.0 Å². The van der Waals surface area contributed by atoms with Crippen LogP contribution in [0, 0.1) is 0 Å². The first-order valence-electron chi connectivity index (χ1n) is 6.83. The molecule has 1 N–H and O–H groups in total. The van der Waals surface area contributed by atoms with Crippen LogP contribution in [-0.4, -0.2) is 16.8 Å². The lowest BCUT2D eigenvalue weighted by molar-refractivity contribution is 0.132. The molecule has 0 amide bonds. The Bertz CT molecular complexity index is 707. The molecule has 0 aliphatic heterocycles. The molecule has 0 saturated heterocycles. The molecule has 0 spiro atoms. The molecular weight excluding hydrogens is 272 g/mol. The van der Waals surface area contributed by atoms with Crippen molar-refractivity contribution in [3.05, 3.63) is 28.6 Å². The van der Waals surface area contributed by atoms with Gasteiger partial charge in [-0.05, 0) is 46.8 Å². The molecule has 114 valence electrons. The number of hydrogen-bond donors (Lipinski definition) is 1. The maximum absolute atomic E-state index is 11.7. The Labute approximate surface area is 123 Å². The fourth-order valence-corrected chi connectivity index (χ4v) is 1.94. The van der Waals surface area contributed by atoms with Gasteiger partial charge in [0, 0.05) is 0 Å². The van der Waals surface area contributed by atoms with Crippen LogP contribution in [0.2, 0.25) is 0 Å². The monoisotopic (exact) mass is 292 g/mol. The fraction of sp³-hybridized carbons (Fsp3) is 0.438. The highest BCUT2D eigenvalue weighted by Gasteiger charge is 2.22. The molecule has 1 aromatic heterocycles. The number of aromatic hydroxyl groups is 1. The molecule has 2 aromatic rings. The summed E-state index contributed by atoms with van der Waals surface area (Å²) in [5.74, 6) is 0.0481. The molecule has 0 saturated carbocycles. The fourth-order valence-electron chi connectivity index (χ4n) is 1.94. The Hall–Kier alpha value is -2.17. The standard InChI is InChI=1S/C16H20O5/c1-9(2)19-14-12-10(20-15(18)13(14)17)7-6-8-11(12)21-16(3,4)5/h6-9,17H,1-5H3. The van der Waals surface area contributed by atoms with E-state index in [1.807, 2.05) is 34.6 Å². The number of ether oxygens (including phenoxy) is 2. The minimum Gasteiger partial charge on any atom is -0.499 e. The Kier molecular flexibility index (Phi) is 3.85. The van der Waals surface area contributed by atoms with Crippen LogP contribution >= 0.6 is 0 Å². The van der Waals surface area contributed by atoms with Crippen molar-refractivity contribution in [2.24, 2.45) is 0 Å². The van der Waals surface area contributed by atoms with E-state index in [1.54, 1.807) is 18.2 Å². The predicted molar refractivity (Wildman–Crippen MR) is 80.3 cm³/mol. The molecule has 1 heterocycles.